The molecule has 11 heavy (non-hydrogen) atoms. The first kappa shape index (κ1) is 9.12. The molecule has 1 unspecified atom stereocenters. The van der Waals surface area contributed by atoms with Crippen LogP contribution in [0.15, 0.2) is 0 Å². The minimum absolute atomic E-state index is 0.373. The topological polar surface area (TPSA) is 12.5 Å². The molecule has 0 radical (unpaired) electrons. The van der Waals surface area contributed by atoms with Crippen LogP contribution in [0.2, 0.25) is 5.31 Å². The zero-order chi connectivity index (χ0) is 8.70. The Morgan fingerprint density at radius 1 is 1.36 bits per heavy atom. The third-order valence-electron chi connectivity index (χ3n) is 2.19. The minimum atomic E-state index is 0.373. The molecule has 1 atom stereocenters. The summed E-state index contributed by atoms with van der Waals surface area (Å²) < 4.78 is 5.32. The van der Waals surface area contributed by atoms with Crippen molar-refractivity contribution in [3.05, 3.63) is 0 Å². The predicted octanol–water partition coefficient (Wildman–Crippen LogP) is 1.63. The Kier molecular flexibility index (Phi) is 2.08. The average molecular weight is 154 g/mol. The van der Waals surface area contributed by atoms with Crippen LogP contribution in [0.5, 0.6) is 0 Å². The Morgan fingerprint density at radius 3 is 2.09 bits per heavy atom. The number of hydrogen-bond donors (Lipinski definition) is 0. The van der Waals surface area contributed by atoms with Gasteiger partial charge in [0.2, 0.25) is 0 Å². The second-order valence-corrected chi connectivity index (χ2v) is 5.55. The molecule has 0 spiro atoms. The molecule has 0 saturated carbocycles. The monoisotopic (exact) mass is 154 g/mol. The smallest absolute Gasteiger partial charge is 0.108 e. The van der Waals surface area contributed by atoms with E-state index >= 15 is 0 Å². The summed E-state index contributed by atoms with van der Waals surface area (Å²) in [5, 5.41) is 0.426. The van der Waals surface area contributed by atoms with Crippen molar-refractivity contribution in [3.8, 4) is 0 Å². The van der Waals surface area contributed by atoms with Crippen molar-refractivity contribution in [2.24, 2.45) is 5.41 Å². The van der Waals surface area contributed by atoms with Crippen molar-refractivity contribution >= 4 is 7.85 Å². The summed E-state index contributed by atoms with van der Waals surface area (Å²) in [5.74, 6) is 0. The third-order valence-corrected chi connectivity index (χ3v) is 2.19. The molecule has 64 valence electrons. The Labute approximate surface area is 70.9 Å². The molecule has 1 heterocycles. The molecule has 0 aromatic rings. The van der Waals surface area contributed by atoms with E-state index in [0.717, 1.165) is 6.61 Å². The lowest BCUT2D eigenvalue weighted by Gasteiger charge is -2.31. The molecule has 2 heteroatoms. The molecule has 0 amide bonds. The van der Waals surface area contributed by atoms with Crippen LogP contribution >= 0.6 is 0 Å². The van der Waals surface area contributed by atoms with Crippen molar-refractivity contribution in [2.75, 3.05) is 6.61 Å². The average Bonchev–Trinajstić information content (AvgIpc) is 2.30. The fraction of sp³-hybridized carbons (Fsp3) is 1.00. The SMILES string of the molecule is BC(C)(C)CC(C)(C)C1CO1. The Morgan fingerprint density at radius 2 is 1.82 bits per heavy atom. The van der Waals surface area contributed by atoms with Gasteiger partial charge in [-0.25, -0.2) is 0 Å². The highest BCUT2D eigenvalue weighted by Crippen LogP contribution is 2.43. The van der Waals surface area contributed by atoms with Crippen LogP contribution in [0.25, 0.3) is 0 Å². The van der Waals surface area contributed by atoms with Gasteiger partial charge in [0.1, 0.15) is 7.85 Å². The fourth-order valence-corrected chi connectivity index (χ4v) is 1.98. The summed E-state index contributed by atoms with van der Waals surface area (Å²) in [6.45, 7) is 10.2. The normalized spacial score (nSPS) is 25.3. The highest BCUT2D eigenvalue weighted by molar-refractivity contribution is 6.14. The Bertz CT molecular complexity index is 142. The second-order valence-electron chi connectivity index (χ2n) is 5.55. The molecule has 0 aromatic heterocycles. The van der Waals surface area contributed by atoms with E-state index in [1.54, 1.807) is 0 Å². The van der Waals surface area contributed by atoms with Gasteiger partial charge in [0.15, 0.2) is 0 Å². The molecule has 0 N–H and O–H groups in total. The Hall–Kier alpha value is 0.0249. The molecule has 1 nitrogen and oxygen atoms in total. The largest absolute Gasteiger partial charge is 0.373 e. The van der Waals surface area contributed by atoms with E-state index in [1.165, 1.54) is 6.42 Å². The summed E-state index contributed by atoms with van der Waals surface area (Å²) in [6, 6.07) is 0. The van der Waals surface area contributed by atoms with Crippen LogP contribution in [-0.4, -0.2) is 20.6 Å². The van der Waals surface area contributed by atoms with Crippen molar-refractivity contribution in [1.29, 1.82) is 0 Å². The first-order valence-corrected chi connectivity index (χ1v) is 4.43. The van der Waals surface area contributed by atoms with Gasteiger partial charge >= 0.3 is 0 Å². The second kappa shape index (κ2) is 2.51. The summed E-state index contributed by atoms with van der Waals surface area (Å²) in [5.41, 5.74) is 0.373. The Balaban J connectivity index is 2.45. The highest BCUT2D eigenvalue weighted by atomic mass is 16.6. The van der Waals surface area contributed by atoms with Crippen molar-refractivity contribution < 1.29 is 4.74 Å². The minimum Gasteiger partial charge on any atom is -0.373 e. The van der Waals surface area contributed by atoms with Gasteiger partial charge in [0, 0.05) is 0 Å². The lowest BCUT2D eigenvalue weighted by atomic mass is 9.63. The maximum atomic E-state index is 5.32. The number of rotatable bonds is 3. The van der Waals surface area contributed by atoms with Crippen LogP contribution in [0.3, 0.4) is 0 Å². The first-order valence-electron chi connectivity index (χ1n) is 4.43. The van der Waals surface area contributed by atoms with Gasteiger partial charge < -0.3 is 4.74 Å². The van der Waals surface area contributed by atoms with Gasteiger partial charge in [-0.05, 0) is 11.8 Å². The quantitative estimate of drug-likeness (QED) is 0.444. The summed E-state index contributed by atoms with van der Waals surface area (Å²) in [7, 11) is 2.29. The van der Waals surface area contributed by atoms with E-state index in [-0.39, 0.29) is 0 Å². The molecule has 1 aliphatic rings. The van der Waals surface area contributed by atoms with Crippen LogP contribution in [0.4, 0.5) is 0 Å². The van der Waals surface area contributed by atoms with Crippen molar-refractivity contribution in [2.45, 2.75) is 45.5 Å². The molecule has 1 saturated heterocycles. The van der Waals surface area contributed by atoms with Gasteiger partial charge in [0.05, 0.1) is 12.7 Å². The summed E-state index contributed by atoms with van der Waals surface area (Å²) in [4.78, 5) is 0. The predicted molar refractivity (Wildman–Crippen MR) is 50.7 cm³/mol. The third kappa shape index (κ3) is 2.86. The molecule has 0 aliphatic carbocycles. The number of ether oxygens (including phenoxy) is 1. The maximum Gasteiger partial charge on any atom is 0.108 e. The van der Waals surface area contributed by atoms with Gasteiger partial charge in [-0.1, -0.05) is 33.0 Å². The fourth-order valence-electron chi connectivity index (χ4n) is 1.98. The highest BCUT2D eigenvalue weighted by Gasteiger charge is 2.41. The lowest BCUT2D eigenvalue weighted by molar-refractivity contribution is 0.208. The molecule has 0 bridgehead atoms. The van der Waals surface area contributed by atoms with Gasteiger partial charge in [-0.15, -0.1) is 0 Å². The van der Waals surface area contributed by atoms with E-state index < -0.39 is 0 Å². The van der Waals surface area contributed by atoms with Crippen molar-refractivity contribution in [3.63, 3.8) is 0 Å². The van der Waals surface area contributed by atoms with E-state index in [0.29, 0.717) is 16.8 Å². The zero-order valence-electron chi connectivity index (χ0n) is 8.40. The zero-order valence-corrected chi connectivity index (χ0v) is 8.40. The summed E-state index contributed by atoms with van der Waals surface area (Å²) in [6.07, 6.45) is 1.77. The standard InChI is InChI=1S/C9H19BO/c1-8(2,7-5-11-7)6-9(3,4)10/h7H,5-6,10H2,1-4H3. The molecule has 0 aromatic carbocycles. The molecular weight excluding hydrogens is 135 g/mol. The maximum absolute atomic E-state index is 5.32. The molecule has 1 rings (SSSR count). The van der Waals surface area contributed by atoms with E-state index in [9.17, 15) is 0 Å². The van der Waals surface area contributed by atoms with E-state index in [1.807, 2.05) is 0 Å². The van der Waals surface area contributed by atoms with Crippen LogP contribution in [0, 0.1) is 5.41 Å². The number of epoxide rings is 1. The molecule has 1 aliphatic heterocycles. The van der Waals surface area contributed by atoms with Crippen LogP contribution in [-0.2, 0) is 4.74 Å². The van der Waals surface area contributed by atoms with Crippen LogP contribution in [0.1, 0.15) is 34.1 Å². The van der Waals surface area contributed by atoms with Crippen molar-refractivity contribution in [1.82, 2.24) is 0 Å². The van der Waals surface area contributed by atoms with Gasteiger partial charge in [-0.2, -0.15) is 0 Å². The first-order chi connectivity index (χ1) is 4.81. The van der Waals surface area contributed by atoms with E-state index in [2.05, 4.69) is 35.5 Å². The molecule has 1 fully saturated rings. The van der Waals surface area contributed by atoms with Crippen LogP contribution < -0.4 is 0 Å². The van der Waals surface area contributed by atoms with Gasteiger partial charge in [0.25, 0.3) is 0 Å². The molecular formula is C9H19BO. The van der Waals surface area contributed by atoms with E-state index in [4.69, 9.17) is 4.74 Å². The van der Waals surface area contributed by atoms with Gasteiger partial charge in [-0.3, -0.25) is 0 Å². The summed E-state index contributed by atoms with van der Waals surface area (Å²) >= 11 is 0. The number of hydrogen-bond acceptors (Lipinski definition) is 1. The lowest BCUT2D eigenvalue weighted by Crippen LogP contribution is -2.24.